The fourth-order valence-corrected chi connectivity index (χ4v) is 2.70. The van der Waals surface area contributed by atoms with Crippen LogP contribution in [0, 0.1) is 0 Å². The highest BCUT2D eigenvalue weighted by molar-refractivity contribution is 5.52. The van der Waals surface area contributed by atoms with Crippen molar-refractivity contribution in [1.29, 1.82) is 0 Å². The highest BCUT2D eigenvalue weighted by atomic mass is 14.5. The molecule has 1 atom stereocenters. The molecule has 0 saturated carbocycles. The van der Waals surface area contributed by atoms with Gasteiger partial charge in [0.15, 0.2) is 0 Å². The molecular formula is C18H31N5. The highest BCUT2D eigenvalue weighted by Crippen LogP contribution is 2.39. The number of nitrogens with two attached hydrogens (primary N) is 5. The molecule has 5 heteroatoms. The minimum absolute atomic E-state index is 0.481. The number of anilines is 2. The van der Waals surface area contributed by atoms with E-state index in [0.29, 0.717) is 5.92 Å². The molecule has 5 nitrogen and oxygen atoms in total. The van der Waals surface area contributed by atoms with Crippen molar-refractivity contribution < 1.29 is 0 Å². The van der Waals surface area contributed by atoms with E-state index in [1.807, 2.05) is 18.2 Å². The second kappa shape index (κ2) is 11.5. The Labute approximate surface area is 139 Å². The molecule has 0 aromatic heterocycles. The molecule has 128 valence electrons. The van der Waals surface area contributed by atoms with Gasteiger partial charge in [-0.3, -0.25) is 0 Å². The van der Waals surface area contributed by atoms with Crippen LogP contribution in [-0.4, -0.2) is 21.1 Å². The molecule has 1 aliphatic carbocycles. The number of benzene rings is 2. The normalized spacial score (nSPS) is 14.1. The summed E-state index contributed by atoms with van der Waals surface area (Å²) in [7, 11) is 4.50. The van der Waals surface area contributed by atoms with Crippen molar-refractivity contribution in [2.24, 2.45) is 17.2 Å². The summed E-state index contributed by atoms with van der Waals surface area (Å²) in [4.78, 5) is 0. The lowest BCUT2D eigenvalue weighted by Crippen LogP contribution is -1.97. The van der Waals surface area contributed by atoms with Gasteiger partial charge in [0.25, 0.3) is 0 Å². The lowest BCUT2D eigenvalue weighted by atomic mass is 9.92. The van der Waals surface area contributed by atoms with Gasteiger partial charge in [-0.25, -0.2) is 0 Å². The molecule has 2 aromatic carbocycles. The first-order valence-electron chi connectivity index (χ1n) is 7.71. The van der Waals surface area contributed by atoms with E-state index in [4.69, 9.17) is 11.5 Å². The van der Waals surface area contributed by atoms with Crippen molar-refractivity contribution in [3.8, 4) is 0 Å². The second-order valence-electron chi connectivity index (χ2n) is 4.72. The van der Waals surface area contributed by atoms with Crippen LogP contribution in [-0.2, 0) is 6.42 Å². The standard InChI is InChI=1S/C15H16N2.3CH5N/c16-12-5-1-10(2-6-12)14-8-4-11-3-7-13(17)9-15(11)14;3*1-2/h1-3,5-7,9,14H,4,8,16-17H2;3*2H2,1H3. The van der Waals surface area contributed by atoms with E-state index in [2.05, 4.69) is 41.5 Å². The number of fused-ring (bicyclic) bond motifs is 1. The van der Waals surface area contributed by atoms with Crippen molar-refractivity contribution in [3.05, 3.63) is 59.2 Å². The van der Waals surface area contributed by atoms with Crippen LogP contribution in [0.2, 0.25) is 0 Å². The Hall–Kier alpha value is -2.08. The Morgan fingerprint density at radius 3 is 1.83 bits per heavy atom. The first kappa shape index (κ1) is 20.9. The van der Waals surface area contributed by atoms with Crippen molar-refractivity contribution in [1.82, 2.24) is 0 Å². The van der Waals surface area contributed by atoms with Crippen molar-refractivity contribution >= 4 is 11.4 Å². The van der Waals surface area contributed by atoms with Gasteiger partial charge in [-0.05, 0) is 74.9 Å². The first-order valence-corrected chi connectivity index (χ1v) is 7.71. The largest absolute Gasteiger partial charge is 0.399 e. The SMILES string of the molecule is CN.CN.CN.Nc1ccc(C2CCc3ccc(N)cc32)cc1. The molecule has 0 bridgehead atoms. The van der Waals surface area contributed by atoms with Crippen LogP contribution in [0.5, 0.6) is 0 Å². The summed E-state index contributed by atoms with van der Waals surface area (Å²) in [6.45, 7) is 0. The molecule has 0 aliphatic heterocycles. The van der Waals surface area contributed by atoms with Crippen LogP contribution >= 0.6 is 0 Å². The maximum absolute atomic E-state index is 5.88. The van der Waals surface area contributed by atoms with Crippen LogP contribution in [0.3, 0.4) is 0 Å². The zero-order chi connectivity index (χ0) is 17.8. The van der Waals surface area contributed by atoms with Crippen LogP contribution < -0.4 is 28.7 Å². The van der Waals surface area contributed by atoms with Crippen LogP contribution in [0.15, 0.2) is 42.5 Å². The molecule has 0 heterocycles. The molecule has 0 amide bonds. The number of nitrogen functional groups attached to an aromatic ring is 2. The number of hydrogen-bond donors (Lipinski definition) is 5. The molecule has 0 spiro atoms. The van der Waals surface area contributed by atoms with Gasteiger partial charge in [-0.1, -0.05) is 18.2 Å². The number of aryl methyl sites for hydroxylation is 1. The van der Waals surface area contributed by atoms with Gasteiger partial charge in [-0.15, -0.1) is 0 Å². The third-order valence-corrected chi connectivity index (χ3v) is 3.59. The third-order valence-electron chi connectivity index (χ3n) is 3.59. The Morgan fingerprint density at radius 1 is 0.739 bits per heavy atom. The van der Waals surface area contributed by atoms with Gasteiger partial charge >= 0.3 is 0 Å². The van der Waals surface area contributed by atoms with Crippen molar-refractivity contribution in [2.75, 3.05) is 32.6 Å². The average Bonchev–Trinajstić information content (AvgIpc) is 3.04. The van der Waals surface area contributed by atoms with Gasteiger partial charge in [0.2, 0.25) is 0 Å². The van der Waals surface area contributed by atoms with E-state index in [1.165, 1.54) is 44.3 Å². The minimum Gasteiger partial charge on any atom is -0.399 e. The molecule has 1 aliphatic rings. The van der Waals surface area contributed by atoms with Crippen LogP contribution in [0.25, 0.3) is 0 Å². The predicted molar refractivity (Wildman–Crippen MR) is 102 cm³/mol. The van der Waals surface area contributed by atoms with Gasteiger partial charge in [0.1, 0.15) is 0 Å². The summed E-state index contributed by atoms with van der Waals surface area (Å²) < 4.78 is 0. The minimum atomic E-state index is 0.481. The summed E-state index contributed by atoms with van der Waals surface area (Å²) in [6, 6.07) is 14.4. The highest BCUT2D eigenvalue weighted by Gasteiger charge is 2.23. The zero-order valence-corrected chi connectivity index (χ0v) is 14.4. The van der Waals surface area contributed by atoms with Gasteiger partial charge < -0.3 is 28.7 Å². The topological polar surface area (TPSA) is 130 Å². The average molecular weight is 317 g/mol. The molecular weight excluding hydrogens is 286 g/mol. The van der Waals surface area contributed by atoms with Gasteiger partial charge in [-0.2, -0.15) is 0 Å². The Morgan fingerprint density at radius 2 is 1.26 bits per heavy atom. The molecule has 0 fully saturated rings. The predicted octanol–water partition coefficient (Wildman–Crippen LogP) is 1.65. The maximum atomic E-state index is 5.88. The molecule has 10 N–H and O–H groups in total. The van der Waals surface area contributed by atoms with Crippen LogP contribution in [0.1, 0.15) is 29.0 Å². The van der Waals surface area contributed by atoms with E-state index in [1.54, 1.807) is 0 Å². The molecule has 23 heavy (non-hydrogen) atoms. The summed E-state index contributed by atoms with van der Waals surface area (Å²) in [6.07, 6.45) is 2.31. The Balaban J connectivity index is 0.000000728. The molecule has 1 unspecified atom stereocenters. The Bertz CT molecular complexity index is 552. The van der Waals surface area contributed by atoms with E-state index < -0.39 is 0 Å². The van der Waals surface area contributed by atoms with E-state index >= 15 is 0 Å². The van der Waals surface area contributed by atoms with Gasteiger partial charge in [0, 0.05) is 17.3 Å². The van der Waals surface area contributed by atoms with E-state index in [9.17, 15) is 0 Å². The van der Waals surface area contributed by atoms with Gasteiger partial charge in [0.05, 0.1) is 0 Å². The zero-order valence-electron chi connectivity index (χ0n) is 14.4. The molecule has 0 saturated heterocycles. The summed E-state index contributed by atoms with van der Waals surface area (Å²) in [5.74, 6) is 0.481. The van der Waals surface area contributed by atoms with Crippen molar-refractivity contribution in [2.45, 2.75) is 18.8 Å². The second-order valence-corrected chi connectivity index (χ2v) is 4.72. The quantitative estimate of drug-likeness (QED) is 0.511. The fraction of sp³-hybridized carbons (Fsp3) is 0.333. The van der Waals surface area contributed by atoms with Crippen molar-refractivity contribution in [3.63, 3.8) is 0 Å². The smallest absolute Gasteiger partial charge is 0.0317 e. The lowest BCUT2D eigenvalue weighted by Gasteiger charge is -2.12. The molecule has 2 aromatic rings. The molecule has 0 radical (unpaired) electrons. The van der Waals surface area contributed by atoms with Crippen LogP contribution in [0.4, 0.5) is 11.4 Å². The van der Waals surface area contributed by atoms with E-state index in [0.717, 1.165) is 17.8 Å². The molecule has 3 rings (SSSR count). The summed E-state index contributed by atoms with van der Waals surface area (Å²) >= 11 is 0. The first-order chi connectivity index (χ1) is 11.2. The monoisotopic (exact) mass is 317 g/mol. The van der Waals surface area contributed by atoms with E-state index in [-0.39, 0.29) is 0 Å². The number of rotatable bonds is 1. The fourth-order valence-electron chi connectivity index (χ4n) is 2.70. The Kier molecular flexibility index (Phi) is 10.4. The number of hydrogen-bond acceptors (Lipinski definition) is 5. The maximum Gasteiger partial charge on any atom is 0.0317 e. The summed E-state index contributed by atoms with van der Waals surface area (Å²) in [5, 5.41) is 0. The summed E-state index contributed by atoms with van der Waals surface area (Å²) in [5.41, 5.74) is 30.9. The third kappa shape index (κ3) is 5.56. The lowest BCUT2D eigenvalue weighted by molar-refractivity contribution is 0.788.